The van der Waals surface area contributed by atoms with Crippen molar-refractivity contribution in [1.82, 2.24) is 0 Å². The fourth-order valence-electron chi connectivity index (χ4n) is 2.01. The average Bonchev–Trinajstić information content (AvgIpc) is 2.54. The minimum absolute atomic E-state index is 0.0489. The standard InChI is InChI=1S/C14H14N2O7S/c17-14(18)9-1-2-10(13(7-9)16(21)22)8-24(23)12-5-3-11(4-6-12)15(19)20/h1-7,15-16,19,21H,8H2,(H,17,18). The van der Waals surface area contributed by atoms with E-state index in [9.17, 15) is 24.6 Å². The van der Waals surface area contributed by atoms with E-state index in [1.165, 1.54) is 36.4 Å². The van der Waals surface area contributed by atoms with Gasteiger partial charge in [0.2, 0.25) is 0 Å². The Morgan fingerprint density at radius 3 is 2.17 bits per heavy atom. The van der Waals surface area contributed by atoms with E-state index in [2.05, 4.69) is 0 Å². The number of hydrogen-bond acceptors (Lipinski definition) is 6. The summed E-state index contributed by atoms with van der Waals surface area (Å²) >= 11 is 0. The van der Waals surface area contributed by atoms with Gasteiger partial charge in [-0.3, -0.25) is 4.21 Å². The van der Waals surface area contributed by atoms with Gasteiger partial charge in [0.25, 0.3) is 0 Å². The van der Waals surface area contributed by atoms with E-state index < -0.39 is 27.2 Å². The van der Waals surface area contributed by atoms with E-state index in [-0.39, 0.29) is 28.3 Å². The van der Waals surface area contributed by atoms with Crippen LogP contribution in [0.3, 0.4) is 0 Å². The van der Waals surface area contributed by atoms with Gasteiger partial charge in [-0.15, -0.1) is 0 Å². The molecule has 3 unspecified atom stereocenters. The zero-order valence-electron chi connectivity index (χ0n) is 12.1. The molecule has 3 atom stereocenters. The molecule has 128 valence electrons. The first-order valence-electron chi connectivity index (χ1n) is 6.61. The van der Waals surface area contributed by atoms with Crippen LogP contribution >= 0.6 is 0 Å². The van der Waals surface area contributed by atoms with Crippen LogP contribution in [0.15, 0.2) is 47.4 Å². The van der Waals surface area contributed by atoms with Crippen molar-refractivity contribution in [2.24, 2.45) is 0 Å². The van der Waals surface area contributed by atoms with Crippen LogP contribution in [-0.4, -0.2) is 25.7 Å². The van der Waals surface area contributed by atoms with E-state index in [4.69, 9.17) is 10.3 Å². The maximum Gasteiger partial charge on any atom is 0.335 e. The van der Waals surface area contributed by atoms with Crippen molar-refractivity contribution in [2.45, 2.75) is 10.6 Å². The van der Waals surface area contributed by atoms with Gasteiger partial charge in [-0.1, -0.05) is 6.07 Å². The summed E-state index contributed by atoms with van der Waals surface area (Å²) in [6.45, 7) is 0. The van der Waals surface area contributed by atoms with Gasteiger partial charge < -0.3 is 15.5 Å². The van der Waals surface area contributed by atoms with Crippen molar-refractivity contribution < 1.29 is 35.0 Å². The van der Waals surface area contributed by atoms with E-state index in [1.807, 2.05) is 0 Å². The summed E-state index contributed by atoms with van der Waals surface area (Å²) in [6, 6.07) is 8.98. The highest BCUT2D eigenvalue weighted by Gasteiger charge is 2.16. The van der Waals surface area contributed by atoms with Crippen molar-refractivity contribution in [3.8, 4) is 0 Å². The Balaban J connectivity index is 2.26. The van der Waals surface area contributed by atoms with Crippen LogP contribution in [0, 0.1) is 10.4 Å². The number of nitrogens with one attached hydrogen (secondary N) is 2. The third kappa shape index (κ3) is 4.21. The molecule has 0 aliphatic rings. The van der Waals surface area contributed by atoms with Gasteiger partial charge in [0, 0.05) is 28.7 Å². The monoisotopic (exact) mass is 354 g/mol. The molecule has 2 aromatic rings. The molecule has 24 heavy (non-hydrogen) atoms. The fraction of sp³-hybridized carbons (Fsp3) is 0.0714. The van der Waals surface area contributed by atoms with Crippen LogP contribution in [0.5, 0.6) is 0 Å². The Morgan fingerprint density at radius 1 is 1.04 bits per heavy atom. The van der Waals surface area contributed by atoms with Crippen LogP contribution in [0.4, 0.5) is 11.4 Å². The molecule has 0 aliphatic heterocycles. The summed E-state index contributed by atoms with van der Waals surface area (Å²) < 4.78 is 12.3. The first-order valence-corrected chi connectivity index (χ1v) is 7.92. The lowest BCUT2D eigenvalue weighted by molar-refractivity contribution is -0.991. The molecule has 0 saturated carbocycles. The molecule has 0 radical (unpaired) electrons. The second-order valence-electron chi connectivity index (χ2n) is 4.80. The molecule has 0 aliphatic carbocycles. The topological polar surface area (TPSA) is 150 Å². The summed E-state index contributed by atoms with van der Waals surface area (Å²) in [5.41, 5.74) is -0.126. The lowest BCUT2D eigenvalue weighted by Crippen LogP contribution is -2.99. The van der Waals surface area contributed by atoms with Crippen LogP contribution in [0.2, 0.25) is 0 Å². The summed E-state index contributed by atoms with van der Waals surface area (Å²) in [6.07, 6.45) is 0. The molecule has 9 nitrogen and oxygen atoms in total. The van der Waals surface area contributed by atoms with Crippen molar-refractivity contribution in [3.05, 3.63) is 64.0 Å². The second-order valence-corrected chi connectivity index (χ2v) is 6.25. The Morgan fingerprint density at radius 2 is 1.67 bits per heavy atom. The van der Waals surface area contributed by atoms with Gasteiger partial charge in [0.1, 0.15) is 0 Å². The third-order valence-electron chi connectivity index (χ3n) is 3.24. The number of quaternary nitrogens is 2. The van der Waals surface area contributed by atoms with Crippen molar-refractivity contribution in [1.29, 1.82) is 0 Å². The number of aromatic carboxylic acids is 1. The van der Waals surface area contributed by atoms with E-state index >= 15 is 0 Å². The number of carbonyl (C=O) groups is 1. The number of hydrogen-bond donors (Lipinski definition) is 5. The van der Waals surface area contributed by atoms with Crippen LogP contribution < -0.4 is 10.5 Å². The number of carboxylic acid groups (broad SMARTS) is 1. The van der Waals surface area contributed by atoms with Gasteiger partial charge in [0.05, 0.1) is 22.1 Å². The molecular weight excluding hydrogens is 340 g/mol. The number of benzene rings is 2. The van der Waals surface area contributed by atoms with Gasteiger partial charge in [-0.2, -0.15) is 10.5 Å². The van der Waals surface area contributed by atoms with Gasteiger partial charge in [-0.05, 0) is 18.2 Å². The van der Waals surface area contributed by atoms with Crippen molar-refractivity contribution >= 4 is 28.1 Å². The first kappa shape index (κ1) is 18.2. The van der Waals surface area contributed by atoms with E-state index in [0.717, 1.165) is 6.07 Å². The normalized spacial score (nSPS) is 14.8. The summed E-state index contributed by atoms with van der Waals surface area (Å²) in [5.74, 6) is -1.39. The SMILES string of the molecule is O=C(O)c1ccc(CS(=O)c2ccc([NH+]([O-])O)cc2)c([NH+]([O-])O)c1. The van der Waals surface area contributed by atoms with Crippen molar-refractivity contribution in [2.75, 3.05) is 0 Å². The van der Waals surface area contributed by atoms with Crippen molar-refractivity contribution in [3.63, 3.8) is 0 Å². The second kappa shape index (κ2) is 7.59. The predicted octanol–water partition coefficient (Wildman–Crippen LogP) is -0.501. The number of carboxylic acids is 1. The minimum Gasteiger partial charge on any atom is -0.595 e. The Kier molecular flexibility index (Phi) is 5.75. The summed E-state index contributed by atoms with van der Waals surface area (Å²) in [5, 5.41) is 46.6. The molecule has 5 N–H and O–H groups in total. The highest BCUT2D eigenvalue weighted by molar-refractivity contribution is 7.84. The molecular formula is C14H14N2O7S. The van der Waals surface area contributed by atoms with Gasteiger partial charge in [0.15, 0.2) is 11.4 Å². The first-order chi connectivity index (χ1) is 11.3. The predicted molar refractivity (Wildman–Crippen MR) is 81.5 cm³/mol. The largest absolute Gasteiger partial charge is 0.595 e. The third-order valence-corrected chi connectivity index (χ3v) is 4.61. The molecule has 10 heteroatoms. The summed E-state index contributed by atoms with van der Waals surface area (Å²) in [7, 11) is -1.60. The Labute approximate surface area is 138 Å². The van der Waals surface area contributed by atoms with Crippen LogP contribution in [0.25, 0.3) is 0 Å². The molecule has 0 spiro atoms. The maximum absolute atomic E-state index is 12.3. The average molecular weight is 354 g/mol. The summed E-state index contributed by atoms with van der Waals surface area (Å²) in [4.78, 5) is 11.3. The quantitative estimate of drug-likeness (QED) is 0.439. The number of rotatable bonds is 6. The molecule has 2 aromatic carbocycles. The van der Waals surface area contributed by atoms with Crippen LogP contribution in [-0.2, 0) is 16.6 Å². The Hall–Kier alpha value is -2.18. The molecule has 2 rings (SSSR count). The molecule has 0 heterocycles. The lowest BCUT2D eigenvalue weighted by atomic mass is 10.1. The van der Waals surface area contributed by atoms with Gasteiger partial charge in [-0.25, -0.2) is 15.2 Å². The minimum atomic E-state index is -1.60. The molecule has 0 amide bonds. The van der Waals surface area contributed by atoms with E-state index in [1.54, 1.807) is 0 Å². The van der Waals surface area contributed by atoms with Crippen LogP contribution in [0.1, 0.15) is 15.9 Å². The molecule has 0 fully saturated rings. The fourth-order valence-corrected chi connectivity index (χ4v) is 3.15. The molecule has 0 saturated heterocycles. The van der Waals surface area contributed by atoms with E-state index in [0.29, 0.717) is 4.90 Å². The smallest absolute Gasteiger partial charge is 0.335 e. The molecule has 0 bridgehead atoms. The molecule has 0 aromatic heterocycles. The van der Waals surface area contributed by atoms with Gasteiger partial charge >= 0.3 is 5.97 Å². The maximum atomic E-state index is 12.3. The highest BCUT2D eigenvalue weighted by Crippen LogP contribution is 2.20. The zero-order chi connectivity index (χ0) is 17.9. The lowest BCUT2D eigenvalue weighted by Gasteiger charge is -2.16. The highest BCUT2D eigenvalue weighted by atomic mass is 32.2. The zero-order valence-corrected chi connectivity index (χ0v) is 12.9. The Bertz CT molecular complexity index is 762.